The number of aromatic nitrogens is 2. The smallest absolute Gasteiger partial charge is 0.509 e. The van der Waals surface area contributed by atoms with E-state index in [0.29, 0.717) is 11.5 Å². The number of ether oxygens (including phenoxy) is 1. The average molecular weight is 1320 g/mol. The second-order valence-electron chi connectivity index (χ2n) is 27.1. The maximum Gasteiger partial charge on any atom is 4.00 e. The molecule has 0 N–H and O–H groups in total. The van der Waals surface area contributed by atoms with Crippen LogP contribution in [0.4, 0.5) is 22.7 Å². The van der Waals surface area contributed by atoms with E-state index in [1.165, 1.54) is 55.6 Å². The number of pyridine rings is 1. The predicted molar refractivity (Wildman–Crippen MR) is 364 cm³/mol. The second-order valence-corrected chi connectivity index (χ2v) is 27.1. The molecule has 0 unspecified atom stereocenters. The first-order valence-corrected chi connectivity index (χ1v) is 30.3. The standard InChI is InChI=1S/C80H79N4O.CH3.Pt/c1-52(2)67-31-24-32-68(53(3)4)76(67)56-41-63(49-66(42-56)85-65-35-36-69-70-43-55(54-25-18-15-19-26-54)33-37-71(70)84(73(69)50-65)75-48-60(39-40-81-75)78(8,9)10)82-51-83(74-47-59(77(5,6)7)34-38-72(74)82)64-45-61(79(11,12)57-27-20-16-21-28-57)44-62(46-64)80(13,14)58-29-22-17-23-30-58;;/h15-48,51-53H,1-14H3;1H3;/q-3;-1;+4. The average Bonchev–Trinajstić information content (AvgIpc) is 1.70. The van der Waals surface area contributed by atoms with Gasteiger partial charge in [-0.25, -0.2) is 4.98 Å². The molecule has 0 spiro atoms. The quantitative estimate of drug-likeness (QED) is 0.108. The van der Waals surface area contributed by atoms with E-state index in [-0.39, 0.29) is 62.0 Å². The van der Waals surface area contributed by atoms with Gasteiger partial charge < -0.3 is 26.5 Å². The minimum Gasteiger partial charge on any atom is -0.509 e. The first-order valence-electron chi connectivity index (χ1n) is 30.3. The molecule has 87 heavy (non-hydrogen) atoms. The van der Waals surface area contributed by atoms with Gasteiger partial charge in [-0.3, -0.25) is 0 Å². The summed E-state index contributed by atoms with van der Waals surface area (Å²) in [6.45, 7) is 34.5. The van der Waals surface area contributed by atoms with Crippen LogP contribution in [-0.4, -0.2) is 9.55 Å². The summed E-state index contributed by atoms with van der Waals surface area (Å²) in [4.78, 5) is 9.78. The zero-order chi connectivity index (χ0) is 59.7. The number of rotatable bonds is 13. The Morgan fingerprint density at radius 3 is 1.62 bits per heavy atom. The van der Waals surface area contributed by atoms with E-state index >= 15 is 0 Å². The first-order chi connectivity index (χ1) is 40.5. The molecule has 6 heteroatoms. The van der Waals surface area contributed by atoms with Gasteiger partial charge in [-0.15, -0.1) is 53.6 Å². The SMILES string of the molecule is CC(C)c1cccc(C(C)C)c1-c1cc(Oc2[c-]c3c(cc2)c2cc(-c4ccccc4)ccc2n3-c2cc(C(C)(C)C)ccn2)[c-]c(N2[CH-]N(c3cc(C(C)(C)c4ccccc4)cc(C(C)(C)c4ccccc4)c3)c3cc(C(C)(C)C)ccc32)c1.[CH3-].[Pt+4]. The van der Waals surface area contributed by atoms with Crippen molar-refractivity contribution in [2.75, 3.05) is 9.80 Å². The molecule has 0 saturated heterocycles. The Bertz CT molecular complexity index is 4180. The van der Waals surface area contributed by atoms with Crippen LogP contribution in [0.1, 0.15) is 153 Å². The van der Waals surface area contributed by atoms with Crippen molar-refractivity contribution in [3.05, 3.63) is 277 Å². The number of hydrogen-bond donors (Lipinski definition) is 0. The van der Waals surface area contributed by atoms with Gasteiger partial charge in [0, 0.05) is 51.1 Å². The normalized spacial score (nSPS) is 12.9. The molecule has 0 fully saturated rings. The molecule has 5 nitrogen and oxygen atoms in total. The van der Waals surface area contributed by atoms with Gasteiger partial charge in [-0.1, -0.05) is 236 Å². The molecule has 0 saturated carbocycles. The zero-order valence-electron chi connectivity index (χ0n) is 53.4. The molecule has 1 aliphatic heterocycles. The predicted octanol–water partition coefficient (Wildman–Crippen LogP) is 22.3. The number of fused-ring (bicyclic) bond motifs is 4. The second kappa shape index (κ2) is 23.9. The van der Waals surface area contributed by atoms with Crippen molar-refractivity contribution in [1.82, 2.24) is 9.55 Å². The molecule has 0 atom stereocenters. The third-order valence-corrected chi connectivity index (χ3v) is 17.8. The largest absolute Gasteiger partial charge is 4.00 e. The van der Waals surface area contributed by atoms with E-state index in [2.05, 4.69) is 330 Å². The van der Waals surface area contributed by atoms with E-state index in [1.54, 1.807) is 0 Å². The van der Waals surface area contributed by atoms with Crippen LogP contribution in [0.5, 0.6) is 11.5 Å². The molecule has 0 bridgehead atoms. The van der Waals surface area contributed by atoms with Gasteiger partial charge >= 0.3 is 21.1 Å². The van der Waals surface area contributed by atoms with Crippen LogP contribution in [-0.2, 0) is 42.7 Å². The summed E-state index contributed by atoms with van der Waals surface area (Å²) in [5.74, 6) is 2.55. The fourth-order valence-corrected chi connectivity index (χ4v) is 12.4. The molecule has 11 aromatic rings. The van der Waals surface area contributed by atoms with Crippen LogP contribution in [0.15, 0.2) is 206 Å². The van der Waals surface area contributed by atoms with Gasteiger partial charge in [0.15, 0.2) is 0 Å². The summed E-state index contributed by atoms with van der Waals surface area (Å²) in [6, 6.07) is 81.1. The Balaban J connectivity index is 0.00000419. The molecule has 0 amide bonds. The summed E-state index contributed by atoms with van der Waals surface area (Å²) in [5.41, 5.74) is 19.9. The van der Waals surface area contributed by atoms with E-state index in [9.17, 15) is 0 Å². The van der Waals surface area contributed by atoms with E-state index in [4.69, 9.17) is 9.72 Å². The van der Waals surface area contributed by atoms with E-state index in [1.807, 2.05) is 6.20 Å². The van der Waals surface area contributed by atoms with Crippen molar-refractivity contribution < 1.29 is 25.8 Å². The summed E-state index contributed by atoms with van der Waals surface area (Å²) in [7, 11) is 0. The Kier molecular flexibility index (Phi) is 17.1. The van der Waals surface area contributed by atoms with Gasteiger partial charge in [-0.05, 0) is 132 Å². The maximum atomic E-state index is 7.26. The molecule has 9 aromatic carbocycles. The summed E-state index contributed by atoms with van der Waals surface area (Å²) in [6.07, 6.45) is 1.93. The molecule has 0 radical (unpaired) electrons. The number of nitrogens with zero attached hydrogens (tertiary/aromatic N) is 4. The van der Waals surface area contributed by atoms with Crippen molar-refractivity contribution in [2.45, 2.75) is 130 Å². The van der Waals surface area contributed by atoms with Crippen molar-refractivity contribution in [2.24, 2.45) is 0 Å². The van der Waals surface area contributed by atoms with Crippen molar-refractivity contribution in [3.8, 4) is 39.6 Å². The number of benzene rings is 9. The minimum absolute atomic E-state index is 0. The van der Waals surface area contributed by atoms with E-state index < -0.39 is 0 Å². The molecule has 12 rings (SSSR count). The van der Waals surface area contributed by atoms with Crippen molar-refractivity contribution >= 4 is 44.6 Å². The van der Waals surface area contributed by atoms with Gasteiger partial charge in [-0.2, -0.15) is 6.07 Å². The molecule has 1 aliphatic rings. The minimum atomic E-state index is -0.312. The van der Waals surface area contributed by atoms with Crippen LogP contribution in [0.2, 0.25) is 0 Å². The number of anilines is 4. The Labute approximate surface area is 533 Å². The van der Waals surface area contributed by atoms with Gasteiger partial charge in [0.1, 0.15) is 5.82 Å². The Hall–Kier alpha value is -7.98. The van der Waals surface area contributed by atoms with Gasteiger partial charge in [0.2, 0.25) is 0 Å². The maximum absolute atomic E-state index is 7.26. The Morgan fingerprint density at radius 2 is 1.03 bits per heavy atom. The molecule has 3 heterocycles. The van der Waals surface area contributed by atoms with Crippen LogP contribution in [0, 0.1) is 26.2 Å². The number of hydrogen-bond acceptors (Lipinski definition) is 4. The van der Waals surface area contributed by atoms with Gasteiger partial charge in [0.25, 0.3) is 0 Å². The fourth-order valence-electron chi connectivity index (χ4n) is 12.4. The zero-order valence-corrected chi connectivity index (χ0v) is 55.6. The Morgan fingerprint density at radius 1 is 0.448 bits per heavy atom. The van der Waals surface area contributed by atoms with E-state index in [0.717, 1.165) is 61.5 Å². The summed E-state index contributed by atoms with van der Waals surface area (Å²) < 4.78 is 9.51. The van der Waals surface area contributed by atoms with Crippen molar-refractivity contribution in [3.63, 3.8) is 0 Å². The fraction of sp³-hybridized carbons (Fsp3) is 0.247. The third-order valence-electron chi connectivity index (χ3n) is 17.8. The molecular weight excluding hydrogens is 1240 g/mol. The van der Waals surface area contributed by atoms with Crippen LogP contribution in [0.3, 0.4) is 0 Å². The molecule has 442 valence electrons. The first kappa shape index (κ1) is 62.1. The molecule has 2 aromatic heterocycles. The monoisotopic (exact) mass is 1320 g/mol. The van der Waals surface area contributed by atoms with Gasteiger partial charge in [0.05, 0.1) is 0 Å². The van der Waals surface area contributed by atoms with Crippen LogP contribution in [0.25, 0.3) is 49.9 Å². The summed E-state index contributed by atoms with van der Waals surface area (Å²) in [5, 5.41) is 2.19. The van der Waals surface area contributed by atoms with Crippen molar-refractivity contribution in [1.29, 1.82) is 0 Å². The summed E-state index contributed by atoms with van der Waals surface area (Å²) >= 11 is 0. The third kappa shape index (κ3) is 11.9. The molecule has 0 aliphatic carbocycles. The van der Waals surface area contributed by atoms with Crippen LogP contribution < -0.4 is 14.5 Å². The topological polar surface area (TPSA) is 33.5 Å². The molecular formula is C81H82N4OPt. The van der Waals surface area contributed by atoms with Crippen LogP contribution >= 0.6 is 0 Å².